The van der Waals surface area contributed by atoms with Gasteiger partial charge in [0.2, 0.25) is 5.91 Å². The van der Waals surface area contributed by atoms with Gasteiger partial charge in [0.1, 0.15) is 5.54 Å². The fraction of sp³-hybridized carbons (Fsp3) is 0.857. The minimum absolute atomic E-state index is 0.00280. The Morgan fingerprint density at radius 3 is 2.00 bits per heavy atom. The standard InChI is InChI=1S/C14H23NO3/c1-13(2)9-10(13)11(16)15-14(12(17)18)7-5-3-4-6-8-14/h10H,3-9H2,1-2H3,(H,15,16)(H,17,18)/t10-/m1/s1. The molecule has 2 aliphatic rings. The summed E-state index contributed by atoms with van der Waals surface area (Å²) in [5.74, 6) is -0.933. The molecule has 0 bridgehead atoms. The van der Waals surface area contributed by atoms with Crippen molar-refractivity contribution in [3.63, 3.8) is 0 Å². The van der Waals surface area contributed by atoms with Crippen molar-refractivity contribution in [1.29, 1.82) is 0 Å². The van der Waals surface area contributed by atoms with E-state index in [1.54, 1.807) is 0 Å². The number of rotatable bonds is 3. The molecule has 0 aromatic rings. The maximum atomic E-state index is 12.1. The number of amides is 1. The smallest absolute Gasteiger partial charge is 0.329 e. The highest BCUT2D eigenvalue weighted by Crippen LogP contribution is 2.52. The van der Waals surface area contributed by atoms with Crippen molar-refractivity contribution in [1.82, 2.24) is 5.32 Å². The lowest BCUT2D eigenvalue weighted by Gasteiger charge is -2.29. The lowest BCUT2D eigenvalue weighted by molar-refractivity contribution is -0.148. The number of carboxylic acids is 1. The number of nitrogens with one attached hydrogen (secondary N) is 1. The third-order valence-electron chi connectivity index (χ3n) is 4.56. The quantitative estimate of drug-likeness (QED) is 0.759. The first-order valence-corrected chi connectivity index (χ1v) is 6.93. The Bertz CT molecular complexity index is 354. The Morgan fingerprint density at radius 2 is 1.61 bits per heavy atom. The zero-order valence-corrected chi connectivity index (χ0v) is 11.3. The minimum atomic E-state index is -1.01. The third kappa shape index (κ3) is 2.52. The average Bonchev–Trinajstić information content (AvgIpc) is 2.97. The van der Waals surface area contributed by atoms with Gasteiger partial charge in [-0.05, 0) is 24.7 Å². The van der Waals surface area contributed by atoms with Gasteiger partial charge in [-0.1, -0.05) is 39.5 Å². The van der Waals surface area contributed by atoms with Gasteiger partial charge in [0.25, 0.3) is 0 Å². The normalized spacial score (nSPS) is 29.1. The Labute approximate surface area is 108 Å². The Hall–Kier alpha value is -1.06. The predicted octanol–water partition coefficient (Wildman–Crippen LogP) is 2.33. The predicted molar refractivity (Wildman–Crippen MR) is 68.1 cm³/mol. The molecule has 4 heteroatoms. The van der Waals surface area contributed by atoms with Crippen LogP contribution in [0.15, 0.2) is 0 Å². The van der Waals surface area contributed by atoms with E-state index < -0.39 is 11.5 Å². The van der Waals surface area contributed by atoms with E-state index in [2.05, 4.69) is 19.2 Å². The number of hydrogen-bond acceptors (Lipinski definition) is 2. The summed E-state index contributed by atoms with van der Waals surface area (Å²) in [5.41, 5.74) is -0.958. The van der Waals surface area contributed by atoms with Gasteiger partial charge in [-0.2, -0.15) is 0 Å². The number of carboxylic acid groups (broad SMARTS) is 1. The van der Waals surface area contributed by atoms with Gasteiger partial charge >= 0.3 is 5.97 Å². The van der Waals surface area contributed by atoms with Crippen LogP contribution in [0.1, 0.15) is 58.8 Å². The summed E-state index contributed by atoms with van der Waals surface area (Å²) in [6.07, 6.45) is 5.93. The average molecular weight is 253 g/mol. The van der Waals surface area contributed by atoms with E-state index >= 15 is 0 Å². The van der Waals surface area contributed by atoms with Crippen LogP contribution in [0, 0.1) is 11.3 Å². The van der Waals surface area contributed by atoms with E-state index in [0.717, 1.165) is 32.1 Å². The van der Waals surface area contributed by atoms with E-state index in [4.69, 9.17) is 0 Å². The highest BCUT2D eigenvalue weighted by molar-refractivity contribution is 5.89. The topological polar surface area (TPSA) is 66.4 Å². The second-order valence-electron chi connectivity index (χ2n) is 6.54. The molecule has 1 atom stereocenters. The van der Waals surface area contributed by atoms with E-state index in [1.807, 2.05) is 0 Å². The Kier molecular flexibility index (Phi) is 3.39. The first-order chi connectivity index (χ1) is 8.37. The molecule has 0 aliphatic heterocycles. The molecule has 102 valence electrons. The van der Waals surface area contributed by atoms with Gasteiger partial charge in [-0.25, -0.2) is 4.79 Å². The van der Waals surface area contributed by atoms with Crippen LogP contribution in [0.3, 0.4) is 0 Å². The summed E-state index contributed by atoms with van der Waals surface area (Å²) in [6.45, 7) is 4.11. The molecule has 18 heavy (non-hydrogen) atoms. The molecule has 2 fully saturated rings. The summed E-state index contributed by atoms with van der Waals surface area (Å²) in [6, 6.07) is 0. The largest absolute Gasteiger partial charge is 0.480 e. The second kappa shape index (κ2) is 4.56. The van der Waals surface area contributed by atoms with Crippen LogP contribution in [-0.4, -0.2) is 22.5 Å². The van der Waals surface area contributed by atoms with Crippen LogP contribution in [0.2, 0.25) is 0 Å². The number of carbonyl (C=O) groups excluding carboxylic acids is 1. The van der Waals surface area contributed by atoms with Crippen molar-refractivity contribution in [3.05, 3.63) is 0 Å². The summed E-state index contributed by atoms with van der Waals surface area (Å²) in [4.78, 5) is 23.7. The highest BCUT2D eigenvalue weighted by atomic mass is 16.4. The minimum Gasteiger partial charge on any atom is -0.480 e. The van der Waals surface area contributed by atoms with Crippen molar-refractivity contribution in [2.75, 3.05) is 0 Å². The molecule has 0 radical (unpaired) electrons. The van der Waals surface area contributed by atoms with Crippen LogP contribution in [0.4, 0.5) is 0 Å². The lowest BCUT2D eigenvalue weighted by Crippen LogP contribution is -2.55. The summed E-state index contributed by atoms with van der Waals surface area (Å²) in [5, 5.41) is 12.3. The monoisotopic (exact) mass is 253 g/mol. The highest BCUT2D eigenvalue weighted by Gasteiger charge is 2.53. The van der Waals surface area contributed by atoms with Gasteiger partial charge in [-0.3, -0.25) is 4.79 Å². The van der Waals surface area contributed by atoms with Crippen molar-refractivity contribution in [3.8, 4) is 0 Å². The number of aliphatic carboxylic acids is 1. The van der Waals surface area contributed by atoms with Crippen LogP contribution < -0.4 is 5.32 Å². The maximum Gasteiger partial charge on any atom is 0.329 e. The van der Waals surface area contributed by atoms with Crippen molar-refractivity contribution < 1.29 is 14.7 Å². The van der Waals surface area contributed by atoms with E-state index in [9.17, 15) is 14.7 Å². The first-order valence-electron chi connectivity index (χ1n) is 6.93. The molecule has 2 N–H and O–H groups in total. The molecule has 4 nitrogen and oxygen atoms in total. The molecule has 0 heterocycles. The lowest BCUT2D eigenvalue weighted by atomic mass is 9.89. The molecular weight excluding hydrogens is 230 g/mol. The summed E-state index contributed by atoms with van der Waals surface area (Å²) < 4.78 is 0. The summed E-state index contributed by atoms with van der Waals surface area (Å²) >= 11 is 0. The number of hydrogen-bond donors (Lipinski definition) is 2. The SMILES string of the molecule is CC1(C)C[C@@H]1C(=O)NC1(C(=O)O)CCCCCC1. The zero-order chi connectivity index (χ0) is 13.4. The van der Waals surface area contributed by atoms with Crippen molar-refractivity contribution >= 4 is 11.9 Å². The van der Waals surface area contributed by atoms with Crippen LogP contribution >= 0.6 is 0 Å². The molecule has 2 saturated carbocycles. The summed E-state index contributed by atoms with van der Waals surface area (Å²) in [7, 11) is 0. The molecule has 0 spiro atoms. The molecule has 0 aromatic heterocycles. The fourth-order valence-corrected chi connectivity index (χ4v) is 2.96. The van der Waals surface area contributed by atoms with Crippen LogP contribution in [0.5, 0.6) is 0 Å². The van der Waals surface area contributed by atoms with E-state index in [-0.39, 0.29) is 17.2 Å². The molecule has 0 unspecified atom stereocenters. The number of carbonyl (C=O) groups is 2. The van der Waals surface area contributed by atoms with E-state index in [0.29, 0.717) is 12.8 Å². The maximum absolute atomic E-state index is 12.1. The van der Waals surface area contributed by atoms with Gasteiger partial charge in [0.05, 0.1) is 0 Å². The first kappa shape index (κ1) is 13.4. The van der Waals surface area contributed by atoms with E-state index in [1.165, 1.54) is 0 Å². The Balaban J connectivity index is 2.06. The van der Waals surface area contributed by atoms with Gasteiger partial charge in [0.15, 0.2) is 0 Å². The third-order valence-corrected chi connectivity index (χ3v) is 4.56. The molecule has 2 aliphatic carbocycles. The zero-order valence-electron chi connectivity index (χ0n) is 11.3. The van der Waals surface area contributed by atoms with Gasteiger partial charge < -0.3 is 10.4 Å². The van der Waals surface area contributed by atoms with Crippen LogP contribution in [-0.2, 0) is 9.59 Å². The molecule has 2 rings (SSSR count). The van der Waals surface area contributed by atoms with Crippen molar-refractivity contribution in [2.24, 2.45) is 11.3 Å². The molecule has 0 aromatic carbocycles. The molecule has 0 saturated heterocycles. The molecule has 1 amide bonds. The second-order valence-corrected chi connectivity index (χ2v) is 6.54. The van der Waals surface area contributed by atoms with Gasteiger partial charge in [-0.15, -0.1) is 0 Å². The Morgan fingerprint density at radius 1 is 1.11 bits per heavy atom. The van der Waals surface area contributed by atoms with Crippen LogP contribution in [0.25, 0.3) is 0 Å². The van der Waals surface area contributed by atoms with Crippen molar-refractivity contribution in [2.45, 2.75) is 64.3 Å². The fourth-order valence-electron chi connectivity index (χ4n) is 2.96. The molecular formula is C14H23NO3. The van der Waals surface area contributed by atoms with Gasteiger partial charge in [0, 0.05) is 5.92 Å².